The van der Waals surface area contributed by atoms with Gasteiger partial charge in [-0.25, -0.2) is 0 Å². The molecule has 106 valence electrons. The van der Waals surface area contributed by atoms with Crippen LogP contribution < -0.4 is 0 Å². The van der Waals surface area contributed by atoms with Crippen LogP contribution in [0.4, 0.5) is 0 Å². The lowest BCUT2D eigenvalue weighted by Gasteiger charge is -2.43. The first kappa shape index (κ1) is 12.7. The van der Waals surface area contributed by atoms with E-state index in [-0.39, 0.29) is 5.41 Å². The van der Waals surface area contributed by atoms with Crippen LogP contribution in [-0.2, 0) is 17.3 Å². The maximum Gasteiger partial charge on any atom is 0.00273 e. The lowest BCUT2D eigenvalue weighted by molar-refractivity contribution is 0.268. The Labute approximate surface area is 123 Å². The molecule has 0 saturated heterocycles. The molecule has 3 aliphatic rings. The lowest BCUT2D eigenvalue weighted by Crippen LogP contribution is -2.36. The van der Waals surface area contributed by atoms with Crippen LogP contribution in [0.1, 0.15) is 69.6 Å². The molecule has 0 radical (unpaired) electrons. The average molecular weight is 266 g/mol. The highest BCUT2D eigenvalue weighted by Gasteiger charge is 2.50. The first-order valence-corrected chi connectivity index (χ1v) is 8.31. The van der Waals surface area contributed by atoms with Crippen LogP contribution in [0.25, 0.3) is 0 Å². The molecular weight excluding hydrogens is 240 g/mol. The van der Waals surface area contributed by atoms with Gasteiger partial charge in [0, 0.05) is 5.41 Å². The van der Waals surface area contributed by atoms with Crippen LogP contribution in [0.3, 0.4) is 0 Å². The summed E-state index contributed by atoms with van der Waals surface area (Å²) in [6.07, 6.45) is 10.7. The predicted octanol–water partition coefficient (Wildman–Crippen LogP) is 5.30. The fourth-order valence-electron chi connectivity index (χ4n) is 5.26. The van der Waals surface area contributed by atoms with E-state index in [0.717, 1.165) is 5.92 Å². The Kier molecular flexibility index (Phi) is 2.53. The van der Waals surface area contributed by atoms with Gasteiger partial charge in [-0.2, -0.15) is 0 Å². The third-order valence-corrected chi connectivity index (χ3v) is 6.09. The first-order valence-electron chi connectivity index (χ1n) is 8.31. The number of hydrogen-bond acceptors (Lipinski definition) is 0. The normalized spacial score (nSPS) is 31.6. The second kappa shape index (κ2) is 4.00. The molecule has 0 nitrogen and oxygen atoms in total. The lowest BCUT2D eigenvalue weighted by atomic mass is 9.61. The summed E-state index contributed by atoms with van der Waals surface area (Å²) in [5.41, 5.74) is 7.58. The van der Waals surface area contributed by atoms with E-state index in [2.05, 4.69) is 45.0 Å². The van der Waals surface area contributed by atoms with Crippen molar-refractivity contribution in [3.63, 3.8) is 0 Å². The van der Waals surface area contributed by atoms with Gasteiger partial charge in [-0.3, -0.25) is 0 Å². The van der Waals surface area contributed by atoms with E-state index >= 15 is 0 Å². The van der Waals surface area contributed by atoms with Gasteiger partial charge in [-0.15, -0.1) is 0 Å². The molecule has 1 aromatic rings. The standard InChI is InChI=1S/C20H26/c1-19(2,3)17-7-4-8-18-16(17)6-5-11-20(18)13-14-9-10-15(20)12-14/h4,7-9,15H,5-6,10-13H2,1-3H3. The minimum Gasteiger partial charge on any atom is -0.0850 e. The van der Waals surface area contributed by atoms with Crippen LogP contribution in [0.5, 0.6) is 0 Å². The predicted molar refractivity (Wildman–Crippen MR) is 85.2 cm³/mol. The molecule has 2 atom stereocenters. The van der Waals surface area contributed by atoms with E-state index in [1.54, 1.807) is 22.3 Å². The molecule has 0 heteroatoms. The molecule has 1 spiro atoms. The topological polar surface area (TPSA) is 0 Å². The van der Waals surface area contributed by atoms with E-state index < -0.39 is 0 Å². The smallest absolute Gasteiger partial charge is 0.00273 e. The van der Waals surface area contributed by atoms with Crippen molar-refractivity contribution in [2.75, 3.05) is 0 Å². The molecule has 2 unspecified atom stereocenters. The molecule has 3 aliphatic carbocycles. The van der Waals surface area contributed by atoms with E-state index in [1.807, 2.05) is 0 Å². The van der Waals surface area contributed by atoms with E-state index in [1.165, 1.54) is 38.5 Å². The van der Waals surface area contributed by atoms with Crippen LogP contribution in [0.15, 0.2) is 29.8 Å². The Morgan fingerprint density at radius 2 is 2.05 bits per heavy atom. The number of benzene rings is 1. The Hall–Kier alpha value is -1.04. The molecule has 1 aromatic carbocycles. The van der Waals surface area contributed by atoms with Gasteiger partial charge < -0.3 is 0 Å². The Morgan fingerprint density at radius 1 is 1.20 bits per heavy atom. The number of hydrogen-bond donors (Lipinski definition) is 0. The third kappa shape index (κ3) is 1.60. The molecule has 0 heterocycles. The maximum absolute atomic E-state index is 2.53. The van der Waals surface area contributed by atoms with Gasteiger partial charge in [-0.05, 0) is 66.5 Å². The highest BCUT2D eigenvalue weighted by Crippen LogP contribution is 2.59. The van der Waals surface area contributed by atoms with Crippen molar-refractivity contribution in [2.45, 2.75) is 70.1 Å². The van der Waals surface area contributed by atoms with Crippen molar-refractivity contribution in [1.82, 2.24) is 0 Å². The Bertz CT molecular complexity index is 585. The summed E-state index contributed by atoms with van der Waals surface area (Å²) in [5, 5.41) is 0. The minimum atomic E-state index is 0.279. The third-order valence-electron chi connectivity index (χ3n) is 6.09. The quantitative estimate of drug-likeness (QED) is 0.559. The van der Waals surface area contributed by atoms with E-state index in [4.69, 9.17) is 0 Å². The van der Waals surface area contributed by atoms with Crippen molar-refractivity contribution in [1.29, 1.82) is 0 Å². The Balaban J connectivity index is 1.89. The zero-order valence-corrected chi connectivity index (χ0v) is 13.1. The number of rotatable bonds is 0. The second-order valence-electron chi connectivity index (χ2n) is 8.27. The summed E-state index contributed by atoms with van der Waals surface area (Å²) in [6.45, 7) is 7.10. The zero-order chi connectivity index (χ0) is 14.0. The molecule has 0 aromatic heterocycles. The monoisotopic (exact) mass is 266 g/mol. The van der Waals surface area contributed by atoms with Crippen LogP contribution >= 0.6 is 0 Å². The molecule has 1 saturated carbocycles. The molecular formula is C20H26. The average Bonchev–Trinajstić information content (AvgIpc) is 2.98. The van der Waals surface area contributed by atoms with Gasteiger partial charge >= 0.3 is 0 Å². The highest BCUT2D eigenvalue weighted by atomic mass is 14.5. The van der Waals surface area contributed by atoms with Crippen molar-refractivity contribution in [3.05, 3.63) is 46.5 Å². The highest BCUT2D eigenvalue weighted by molar-refractivity contribution is 5.48. The van der Waals surface area contributed by atoms with Gasteiger partial charge in [0.05, 0.1) is 0 Å². The van der Waals surface area contributed by atoms with Gasteiger partial charge in [0.1, 0.15) is 0 Å². The summed E-state index contributed by atoms with van der Waals surface area (Å²) < 4.78 is 0. The SMILES string of the molecule is CC(C)(C)c1cccc2c1CCCC21CC2=CCC1C2. The maximum atomic E-state index is 2.53. The molecule has 0 amide bonds. The molecule has 1 fully saturated rings. The Morgan fingerprint density at radius 3 is 2.70 bits per heavy atom. The summed E-state index contributed by atoms with van der Waals surface area (Å²) in [6, 6.07) is 7.17. The molecule has 0 N–H and O–H groups in total. The van der Waals surface area contributed by atoms with E-state index in [0.29, 0.717) is 5.41 Å². The second-order valence-corrected chi connectivity index (χ2v) is 8.27. The van der Waals surface area contributed by atoms with Gasteiger partial charge in [0.25, 0.3) is 0 Å². The molecule has 0 aliphatic heterocycles. The first-order chi connectivity index (χ1) is 9.51. The zero-order valence-electron chi connectivity index (χ0n) is 13.1. The van der Waals surface area contributed by atoms with Crippen molar-refractivity contribution < 1.29 is 0 Å². The summed E-state index contributed by atoms with van der Waals surface area (Å²) in [4.78, 5) is 0. The summed E-state index contributed by atoms with van der Waals surface area (Å²) in [7, 11) is 0. The summed E-state index contributed by atoms with van der Waals surface area (Å²) >= 11 is 0. The van der Waals surface area contributed by atoms with Crippen LogP contribution in [0, 0.1) is 5.92 Å². The number of fused-ring (bicyclic) bond motifs is 5. The van der Waals surface area contributed by atoms with E-state index in [9.17, 15) is 0 Å². The molecule has 2 bridgehead atoms. The molecule has 20 heavy (non-hydrogen) atoms. The van der Waals surface area contributed by atoms with Crippen LogP contribution in [0.2, 0.25) is 0 Å². The van der Waals surface area contributed by atoms with Crippen molar-refractivity contribution in [2.24, 2.45) is 5.92 Å². The largest absolute Gasteiger partial charge is 0.0850 e. The van der Waals surface area contributed by atoms with Crippen molar-refractivity contribution >= 4 is 0 Å². The fourth-order valence-corrected chi connectivity index (χ4v) is 5.26. The fraction of sp³-hybridized carbons (Fsp3) is 0.600. The number of allylic oxidation sites excluding steroid dienone is 2. The van der Waals surface area contributed by atoms with Crippen LogP contribution in [-0.4, -0.2) is 0 Å². The van der Waals surface area contributed by atoms with Crippen molar-refractivity contribution in [3.8, 4) is 0 Å². The molecule has 4 rings (SSSR count). The van der Waals surface area contributed by atoms with Gasteiger partial charge in [0.15, 0.2) is 0 Å². The van der Waals surface area contributed by atoms with Gasteiger partial charge in [0.2, 0.25) is 0 Å². The van der Waals surface area contributed by atoms with Gasteiger partial charge in [-0.1, -0.05) is 50.6 Å². The minimum absolute atomic E-state index is 0.279. The summed E-state index contributed by atoms with van der Waals surface area (Å²) in [5.74, 6) is 0.909.